The van der Waals surface area contributed by atoms with Crippen molar-refractivity contribution in [2.45, 2.75) is 18.9 Å². The fourth-order valence-electron chi connectivity index (χ4n) is 2.12. The summed E-state index contributed by atoms with van der Waals surface area (Å²) in [6.45, 7) is 4.63. The highest BCUT2D eigenvalue weighted by Crippen LogP contribution is 2.28. The van der Waals surface area contributed by atoms with Gasteiger partial charge in [-0.15, -0.1) is 6.58 Å². The summed E-state index contributed by atoms with van der Waals surface area (Å²) < 4.78 is 0. The zero-order valence-electron chi connectivity index (χ0n) is 8.98. The number of hydrogen-bond acceptors (Lipinski definition) is 3. The maximum absolute atomic E-state index is 10.7. The number of non-ortho nitro benzene ring substituents is 1. The van der Waals surface area contributed by atoms with E-state index in [9.17, 15) is 10.1 Å². The van der Waals surface area contributed by atoms with Crippen molar-refractivity contribution in [3.8, 4) is 0 Å². The van der Waals surface area contributed by atoms with Gasteiger partial charge in [-0.1, -0.05) is 12.1 Å². The molecule has 0 saturated carbocycles. The van der Waals surface area contributed by atoms with Gasteiger partial charge in [0.2, 0.25) is 0 Å². The Balaban J connectivity index is 2.40. The number of nitrogens with zero attached hydrogens (tertiary/aromatic N) is 1. The number of rotatable bonds is 3. The summed E-state index contributed by atoms with van der Waals surface area (Å²) >= 11 is 0. The van der Waals surface area contributed by atoms with Crippen molar-refractivity contribution in [3.05, 3.63) is 52.1 Å². The SMILES string of the molecule is C=CC[C@H]1NCCc2ccc([N+](=O)[O-])cc21. The number of benzene rings is 1. The lowest BCUT2D eigenvalue weighted by Crippen LogP contribution is -2.29. The van der Waals surface area contributed by atoms with Gasteiger partial charge < -0.3 is 5.32 Å². The first-order chi connectivity index (χ1) is 7.72. The number of nitro benzene ring substituents is 1. The fourth-order valence-corrected chi connectivity index (χ4v) is 2.12. The summed E-state index contributed by atoms with van der Waals surface area (Å²) in [5, 5.41) is 14.1. The Morgan fingerprint density at radius 2 is 2.44 bits per heavy atom. The molecule has 0 aromatic heterocycles. The molecule has 4 heteroatoms. The van der Waals surface area contributed by atoms with Gasteiger partial charge in [0.05, 0.1) is 4.92 Å². The average molecular weight is 218 g/mol. The van der Waals surface area contributed by atoms with Crippen molar-refractivity contribution in [2.75, 3.05) is 6.54 Å². The minimum Gasteiger partial charge on any atom is -0.309 e. The van der Waals surface area contributed by atoms with Crippen LogP contribution in [0.5, 0.6) is 0 Å². The van der Waals surface area contributed by atoms with Gasteiger partial charge in [-0.05, 0) is 30.5 Å². The summed E-state index contributed by atoms with van der Waals surface area (Å²) in [5.74, 6) is 0. The van der Waals surface area contributed by atoms with Gasteiger partial charge in [-0.2, -0.15) is 0 Å². The lowest BCUT2D eigenvalue weighted by atomic mass is 9.92. The molecule has 0 unspecified atom stereocenters. The van der Waals surface area contributed by atoms with Gasteiger partial charge in [0.1, 0.15) is 0 Å². The van der Waals surface area contributed by atoms with Gasteiger partial charge in [0.15, 0.2) is 0 Å². The number of fused-ring (bicyclic) bond motifs is 1. The highest BCUT2D eigenvalue weighted by molar-refractivity contribution is 5.43. The first-order valence-corrected chi connectivity index (χ1v) is 5.34. The molecule has 0 radical (unpaired) electrons. The van der Waals surface area contributed by atoms with E-state index in [0.29, 0.717) is 0 Å². The minimum absolute atomic E-state index is 0.163. The molecule has 0 bridgehead atoms. The van der Waals surface area contributed by atoms with Crippen LogP contribution in [0.2, 0.25) is 0 Å². The molecular formula is C12H14N2O2. The van der Waals surface area contributed by atoms with Gasteiger partial charge in [0.25, 0.3) is 5.69 Å². The maximum Gasteiger partial charge on any atom is 0.269 e. The molecule has 0 spiro atoms. The summed E-state index contributed by atoms with van der Waals surface area (Å²) in [4.78, 5) is 10.4. The second kappa shape index (κ2) is 4.45. The van der Waals surface area contributed by atoms with Crippen molar-refractivity contribution in [2.24, 2.45) is 0 Å². The molecule has 1 atom stereocenters. The predicted octanol–water partition coefficient (Wildman–Crippen LogP) is 2.36. The molecule has 1 aliphatic heterocycles. The molecule has 0 amide bonds. The van der Waals surface area contributed by atoms with Crippen molar-refractivity contribution in [1.82, 2.24) is 5.32 Å². The van der Waals surface area contributed by atoms with Gasteiger partial charge >= 0.3 is 0 Å². The zero-order valence-corrected chi connectivity index (χ0v) is 8.98. The molecule has 1 aromatic carbocycles. The Morgan fingerprint density at radius 1 is 1.62 bits per heavy atom. The van der Waals surface area contributed by atoms with Crippen LogP contribution in [0.1, 0.15) is 23.6 Å². The van der Waals surface area contributed by atoms with Crippen molar-refractivity contribution >= 4 is 5.69 Å². The van der Waals surface area contributed by atoms with Crippen LogP contribution in [0.3, 0.4) is 0 Å². The third kappa shape index (κ3) is 1.97. The Bertz CT molecular complexity index is 429. The van der Waals surface area contributed by atoms with Gasteiger partial charge in [-0.25, -0.2) is 0 Å². The zero-order chi connectivity index (χ0) is 11.5. The predicted molar refractivity (Wildman–Crippen MR) is 62.4 cm³/mol. The van der Waals surface area contributed by atoms with Crippen molar-refractivity contribution < 1.29 is 4.92 Å². The van der Waals surface area contributed by atoms with Crippen LogP contribution in [-0.2, 0) is 6.42 Å². The monoisotopic (exact) mass is 218 g/mol. The Morgan fingerprint density at radius 3 is 3.12 bits per heavy atom. The van der Waals surface area contributed by atoms with E-state index in [0.717, 1.165) is 24.9 Å². The molecule has 2 rings (SSSR count). The first-order valence-electron chi connectivity index (χ1n) is 5.34. The summed E-state index contributed by atoms with van der Waals surface area (Å²) in [6, 6.07) is 5.29. The molecule has 4 nitrogen and oxygen atoms in total. The molecular weight excluding hydrogens is 204 g/mol. The Hall–Kier alpha value is -1.68. The molecule has 16 heavy (non-hydrogen) atoms. The van der Waals surface area contributed by atoms with E-state index < -0.39 is 0 Å². The normalized spacial score (nSPS) is 18.9. The van der Waals surface area contributed by atoms with Crippen LogP contribution in [0, 0.1) is 10.1 Å². The lowest BCUT2D eigenvalue weighted by molar-refractivity contribution is -0.385. The largest absolute Gasteiger partial charge is 0.309 e. The highest BCUT2D eigenvalue weighted by atomic mass is 16.6. The van der Waals surface area contributed by atoms with E-state index >= 15 is 0 Å². The van der Waals surface area contributed by atoms with Crippen LogP contribution in [0.15, 0.2) is 30.9 Å². The quantitative estimate of drug-likeness (QED) is 0.481. The van der Waals surface area contributed by atoms with E-state index in [-0.39, 0.29) is 16.7 Å². The third-order valence-corrected chi connectivity index (χ3v) is 2.90. The Kier molecular flexibility index (Phi) is 3.01. The molecule has 0 aliphatic carbocycles. The van der Waals surface area contributed by atoms with Gasteiger partial charge in [0, 0.05) is 18.2 Å². The molecule has 0 fully saturated rings. The number of nitro groups is 1. The molecule has 0 saturated heterocycles. The molecule has 1 aliphatic rings. The fraction of sp³-hybridized carbons (Fsp3) is 0.333. The Labute approximate surface area is 94.1 Å². The standard InChI is InChI=1S/C12H14N2O2/c1-2-3-12-11-8-10(14(15)16)5-4-9(11)6-7-13-12/h2,4-5,8,12-13H,1,3,6-7H2/t12-/m1/s1. The molecule has 1 N–H and O–H groups in total. The van der Waals surface area contributed by atoms with E-state index in [1.807, 2.05) is 12.1 Å². The second-order valence-corrected chi connectivity index (χ2v) is 3.92. The lowest BCUT2D eigenvalue weighted by Gasteiger charge is -2.25. The minimum atomic E-state index is -0.347. The molecule has 1 aromatic rings. The van der Waals surface area contributed by atoms with Crippen LogP contribution >= 0.6 is 0 Å². The maximum atomic E-state index is 10.7. The highest BCUT2D eigenvalue weighted by Gasteiger charge is 2.21. The second-order valence-electron chi connectivity index (χ2n) is 3.92. The molecule has 84 valence electrons. The van der Waals surface area contributed by atoms with Crippen molar-refractivity contribution in [1.29, 1.82) is 0 Å². The van der Waals surface area contributed by atoms with Crippen LogP contribution < -0.4 is 5.32 Å². The topological polar surface area (TPSA) is 55.2 Å². The summed E-state index contributed by atoms with van der Waals surface area (Å²) in [7, 11) is 0. The summed E-state index contributed by atoms with van der Waals surface area (Å²) in [6.07, 6.45) is 3.57. The van der Waals surface area contributed by atoms with E-state index in [1.165, 1.54) is 5.56 Å². The van der Waals surface area contributed by atoms with Crippen LogP contribution in [-0.4, -0.2) is 11.5 Å². The van der Waals surface area contributed by atoms with Gasteiger partial charge in [-0.3, -0.25) is 10.1 Å². The van der Waals surface area contributed by atoms with E-state index in [1.54, 1.807) is 12.1 Å². The van der Waals surface area contributed by atoms with Crippen LogP contribution in [0.4, 0.5) is 5.69 Å². The van der Waals surface area contributed by atoms with E-state index in [2.05, 4.69) is 11.9 Å². The summed E-state index contributed by atoms with van der Waals surface area (Å²) in [5.41, 5.74) is 2.41. The van der Waals surface area contributed by atoms with Crippen molar-refractivity contribution in [3.63, 3.8) is 0 Å². The number of nitrogens with one attached hydrogen (secondary N) is 1. The molecule has 1 heterocycles. The smallest absolute Gasteiger partial charge is 0.269 e. The number of hydrogen-bond donors (Lipinski definition) is 1. The average Bonchev–Trinajstić information content (AvgIpc) is 2.29. The van der Waals surface area contributed by atoms with E-state index in [4.69, 9.17) is 0 Å². The first kappa shape index (κ1) is 10.8. The third-order valence-electron chi connectivity index (χ3n) is 2.90. The van der Waals surface area contributed by atoms with Crippen LogP contribution in [0.25, 0.3) is 0 Å².